The van der Waals surface area contributed by atoms with Crippen LogP contribution in [0.1, 0.15) is 17.0 Å². The van der Waals surface area contributed by atoms with Gasteiger partial charge >= 0.3 is 0 Å². The van der Waals surface area contributed by atoms with Crippen LogP contribution in [0.25, 0.3) is 11.5 Å². The molecule has 3 aromatic rings. The van der Waals surface area contributed by atoms with Crippen LogP contribution < -0.4 is 4.90 Å². The van der Waals surface area contributed by atoms with Gasteiger partial charge in [-0.05, 0) is 44.2 Å². The van der Waals surface area contributed by atoms with Gasteiger partial charge in [-0.2, -0.15) is 0 Å². The molecule has 0 saturated carbocycles. The van der Waals surface area contributed by atoms with Crippen LogP contribution in [0.5, 0.6) is 0 Å². The molecule has 1 aromatic heterocycles. The molecule has 1 atom stereocenters. The number of hydrogen-bond donors (Lipinski definition) is 0. The summed E-state index contributed by atoms with van der Waals surface area (Å²) in [6.07, 6.45) is 0. The lowest BCUT2D eigenvalue weighted by Crippen LogP contribution is -2.50. The monoisotopic (exact) mass is 471 g/mol. The van der Waals surface area contributed by atoms with Crippen LogP contribution in [0.3, 0.4) is 0 Å². The molecule has 168 valence electrons. The fourth-order valence-electron chi connectivity index (χ4n) is 3.70. The maximum Gasteiger partial charge on any atom is 0.235 e. The van der Waals surface area contributed by atoms with Gasteiger partial charge in [0, 0.05) is 53.3 Å². The highest BCUT2D eigenvalue weighted by atomic mass is 35.5. The number of anilines is 1. The summed E-state index contributed by atoms with van der Waals surface area (Å²) in [4.78, 5) is 21.2. The summed E-state index contributed by atoms with van der Waals surface area (Å²) >= 11 is 6.08. The van der Waals surface area contributed by atoms with E-state index in [1.807, 2.05) is 62.4 Å². The second-order valence-electron chi connectivity index (χ2n) is 7.96. The van der Waals surface area contributed by atoms with Crippen molar-refractivity contribution in [2.24, 2.45) is 0 Å². The van der Waals surface area contributed by atoms with Crippen LogP contribution in [0, 0.1) is 13.8 Å². The maximum absolute atomic E-state index is 12.7. The Hall–Kier alpha value is -2.64. The van der Waals surface area contributed by atoms with Crippen molar-refractivity contribution in [3.8, 4) is 11.5 Å². The van der Waals surface area contributed by atoms with E-state index < -0.39 is 10.8 Å². The lowest BCUT2D eigenvalue weighted by Gasteiger charge is -2.36. The summed E-state index contributed by atoms with van der Waals surface area (Å²) in [6, 6.07) is 15.6. The van der Waals surface area contributed by atoms with Crippen molar-refractivity contribution in [1.29, 1.82) is 0 Å². The zero-order chi connectivity index (χ0) is 22.7. The maximum atomic E-state index is 12.7. The number of piperazine rings is 1. The first-order valence-corrected chi connectivity index (χ1v) is 12.4. The third-order valence-corrected chi connectivity index (χ3v) is 6.98. The van der Waals surface area contributed by atoms with Gasteiger partial charge in [0.05, 0.1) is 11.4 Å². The molecule has 1 saturated heterocycles. The summed E-state index contributed by atoms with van der Waals surface area (Å²) in [5.74, 6) is 1.25. The smallest absolute Gasteiger partial charge is 0.235 e. The zero-order valence-electron chi connectivity index (χ0n) is 18.2. The predicted molar refractivity (Wildman–Crippen MR) is 128 cm³/mol. The van der Waals surface area contributed by atoms with E-state index in [0.717, 1.165) is 29.9 Å². The number of aromatic nitrogens is 1. The number of oxazole rings is 1. The summed E-state index contributed by atoms with van der Waals surface area (Å²) in [6.45, 7) is 6.48. The first-order chi connectivity index (χ1) is 15.4. The molecule has 0 aliphatic carbocycles. The molecular weight excluding hydrogens is 446 g/mol. The van der Waals surface area contributed by atoms with Crippen molar-refractivity contribution in [2.45, 2.75) is 19.6 Å². The van der Waals surface area contributed by atoms with E-state index in [9.17, 15) is 9.00 Å². The first-order valence-electron chi connectivity index (χ1n) is 10.6. The molecule has 32 heavy (non-hydrogen) atoms. The fourth-order valence-corrected chi connectivity index (χ4v) is 5.02. The van der Waals surface area contributed by atoms with Crippen LogP contribution in [-0.2, 0) is 21.3 Å². The quantitative estimate of drug-likeness (QED) is 0.538. The van der Waals surface area contributed by atoms with Crippen molar-refractivity contribution in [2.75, 3.05) is 36.8 Å². The Morgan fingerprint density at radius 2 is 1.81 bits per heavy atom. The summed E-state index contributed by atoms with van der Waals surface area (Å²) in [5.41, 5.74) is 3.73. The Bertz CT molecular complexity index is 1120. The van der Waals surface area contributed by atoms with Crippen molar-refractivity contribution in [3.63, 3.8) is 0 Å². The van der Waals surface area contributed by atoms with Gasteiger partial charge in [0.1, 0.15) is 11.5 Å². The molecule has 1 fully saturated rings. The number of nitrogens with zero attached hydrogens (tertiary/aromatic N) is 3. The number of aryl methyl sites for hydroxylation is 2. The number of rotatable bonds is 6. The number of amides is 1. The Kier molecular flexibility index (Phi) is 6.96. The topological polar surface area (TPSA) is 66.7 Å². The molecule has 1 amide bonds. The van der Waals surface area contributed by atoms with Gasteiger partial charge in [-0.15, -0.1) is 0 Å². The van der Waals surface area contributed by atoms with Crippen LogP contribution in [0.15, 0.2) is 52.9 Å². The largest absolute Gasteiger partial charge is 0.441 e. The lowest BCUT2D eigenvalue weighted by molar-refractivity contribution is -0.128. The number of hydrogen-bond acceptors (Lipinski definition) is 5. The highest BCUT2D eigenvalue weighted by Gasteiger charge is 2.23. The highest BCUT2D eigenvalue weighted by Crippen LogP contribution is 2.23. The molecule has 0 spiro atoms. The van der Waals surface area contributed by atoms with Gasteiger partial charge in [0.15, 0.2) is 0 Å². The van der Waals surface area contributed by atoms with E-state index in [0.29, 0.717) is 35.5 Å². The fraction of sp³-hybridized carbons (Fsp3) is 0.333. The molecule has 4 rings (SSSR count). The van der Waals surface area contributed by atoms with Gasteiger partial charge in [-0.1, -0.05) is 35.4 Å². The van der Waals surface area contributed by atoms with E-state index in [1.54, 1.807) is 4.90 Å². The van der Waals surface area contributed by atoms with Gasteiger partial charge < -0.3 is 14.2 Å². The van der Waals surface area contributed by atoms with Gasteiger partial charge in [0.2, 0.25) is 11.8 Å². The molecule has 0 bridgehead atoms. The number of carbonyl (C=O) groups is 1. The van der Waals surface area contributed by atoms with Crippen LogP contribution in [0.4, 0.5) is 5.69 Å². The average molecular weight is 472 g/mol. The molecule has 0 N–H and O–H groups in total. The van der Waals surface area contributed by atoms with E-state index in [-0.39, 0.29) is 17.4 Å². The van der Waals surface area contributed by atoms with Crippen molar-refractivity contribution >= 4 is 34.0 Å². The number of halogens is 1. The summed E-state index contributed by atoms with van der Waals surface area (Å²) < 4.78 is 18.5. The molecule has 8 heteroatoms. The molecule has 1 aliphatic rings. The van der Waals surface area contributed by atoms with E-state index in [2.05, 4.69) is 9.88 Å². The predicted octanol–water partition coefficient (Wildman–Crippen LogP) is 4.21. The Morgan fingerprint density at radius 3 is 2.50 bits per heavy atom. The second kappa shape index (κ2) is 9.88. The van der Waals surface area contributed by atoms with Crippen LogP contribution >= 0.6 is 11.6 Å². The van der Waals surface area contributed by atoms with E-state index in [1.165, 1.54) is 0 Å². The molecular formula is C24H26ClN3O3S. The van der Waals surface area contributed by atoms with E-state index in [4.69, 9.17) is 16.0 Å². The van der Waals surface area contributed by atoms with Crippen molar-refractivity contribution < 1.29 is 13.4 Å². The number of carbonyl (C=O) groups excluding carboxylic acids is 1. The zero-order valence-corrected chi connectivity index (χ0v) is 19.8. The standard InChI is InChI=1S/C24H26ClN3O3S/c1-17-6-8-19(9-7-17)24-26-22(18(2)31-24)15-32(30)16-23(29)28-12-10-27(11-13-28)21-5-3-4-20(25)14-21/h3-9,14H,10-13,15-16H2,1-2H3. The Labute approximate surface area is 195 Å². The lowest BCUT2D eigenvalue weighted by atomic mass is 10.1. The molecule has 2 heterocycles. The SMILES string of the molecule is Cc1ccc(-c2nc(CS(=O)CC(=O)N3CCN(c4cccc(Cl)c4)CC3)c(C)o2)cc1. The third-order valence-electron chi connectivity index (χ3n) is 5.58. The van der Waals surface area contributed by atoms with Crippen molar-refractivity contribution in [1.82, 2.24) is 9.88 Å². The molecule has 1 unspecified atom stereocenters. The first kappa shape index (κ1) is 22.6. The molecule has 1 aliphatic heterocycles. The summed E-state index contributed by atoms with van der Waals surface area (Å²) in [7, 11) is -1.35. The van der Waals surface area contributed by atoms with Crippen LogP contribution in [0.2, 0.25) is 5.02 Å². The Balaban J connectivity index is 1.31. The minimum atomic E-state index is -1.35. The van der Waals surface area contributed by atoms with Gasteiger partial charge in [0.25, 0.3) is 0 Å². The third kappa shape index (κ3) is 5.40. The van der Waals surface area contributed by atoms with Crippen LogP contribution in [-0.4, -0.2) is 51.9 Å². The minimum absolute atomic E-state index is 0.0106. The molecule has 0 radical (unpaired) electrons. The van der Waals surface area contributed by atoms with Gasteiger partial charge in [-0.3, -0.25) is 9.00 Å². The highest BCUT2D eigenvalue weighted by molar-refractivity contribution is 7.84. The van der Waals surface area contributed by atoms with Crippen molar-refractivity contribution in [3.05, 3.63) is 70.6 Å². The Morgan fingerprint density at radius 1 is 1.09 bits per heavy atom. The summed E-state index contributed by atoms with van der Waals surface area (Å²) in [5, 5.41) is 0.699. The van der Waals surface area contributed by atoms with E-state index >= 15 is 0 Å². The minimum Gasteiger partial charge on any atom is -0.441 e. The molecule has 6 nitrogen and oxygen atoms in total. The molecule has 2 aromatic carbocycles. The van der Waals surface area contributed by atoms with Gasteiger partial charge in [-0.25, -0.2) is 4.98 Å². The second-order valence-corrected chi connectivity index (χ2v) is 9.86. The number of benzene rings is 2. The normalized spacial score (nSPS) is 15.1. The average Bonchev–Trinajstić information content (AvgIpc) is 3.14.